The number of pyridine rings is 1. The predicted molar refractivity (Wildman–Crippen MR) is 106 cm³/mol. The minimum Gasteiger partial charge on any atom is -0.497 e. The molecule has 2 amide bonds. The molecule has 0 fully saturated rings. The van der Waals surface area contributed by atoms with Gasteiger partial charge in [-0.15, -0.1) is 0 Å². The van der Waals surface area contributed by atoms with Crippen LogP contribution in [0.3, 0.4) is 0 Å². The Bertz CT molecular complexity index is 1010. The maximum absolute atomic E-state index is 12.6. The topological polar surface area (TPSA) is 87.3 Å². The lowest BCUT2D eigenvalue weighted by molar-refractivity contribution is -0.133. The molecule has 0 unspecified atom stereocenters. The third-order valence-electron chi connectivity index (χ3n) is 5.05. The number of amides is 2. The normalized spacial score (nSPS) is 13.2. The zero-order valence-electron chi connectivity index (χ0n) is 15.7. The van der Waals surface area contributed by atoms with Gasteiger partial charge in [-0.05, 0) is 30.3 Å². The number of carbonyl (C=O) groups is 2. The molecule has 1 aromatic carbocycles. The van der Waals surface area contributed by atoms with E-state index in [0.717, 1.165) is 28.6 Å². The second-order valence-corrected chi connectivity index (χ2v) is 6.85. The lowest BCUT2D eigenvalue weighted by atomic mass is 10.0. The van der Waals surface area contributed by atoms with Crippen LogP contribution in [-0.4, -0.2) is 40.3 Å². The van der Waals surface area contributed by atoms with E-state index in [4.69, 9.17) is 4.74 Å². The highest BCUT2D eigenvalue weighted by Crippen LogP contribution is 2.30. The van der Waals surface area contributed by atoms with Crippen molar-refractivity contribution in [2.24, 2.45) is 0 Å². The van der Waals surface area contributed by atoms with Gasteiger partial charge in [0.1, 0.15) is 5.75 Å². The Hall–Kier alpha value is -3.35. The number of fused-ring (bicyclic) bond motifs is 3. The van der Waals surface area contributed by atoms with Crippen molar-refractivity contribution in [2.75, 3.05) is 19.0 Å². The van der Waals surface area contributed by atoms with E-state index in [2.05, 4.69) is 15.3 Å². The fourth-order valence-electron chi connectivity index (χ4n) is 3.57. The molecule has 0 aliphatic carbocycles. The third kappa shape index (κ3) is 3.69. The minimum absolute atomic E-state index is 0.00997. The number of rotatable bonds is 5. The average molecular weight is 378 g/mol. The molecule has 0 saturated heterocycles. The van der Waals surface area contributed by atoms with Crippen LogP contribution < -0.4 is 10.1 Å². The van der Waals surface area contributed by atoms with Gasteiger partial charge in [-0.25, -0.2) is 0 Å². The highest BCUT2D eigenvalue weighted by molar-refractivity contribution is 5.93. The first-order chi connectivity index (χ1) is 13.6. The first kappa shape index (κ1) is 18.0. The van der Waals surface area contributed by atoms with E-state index in [-0.39, 0.29) is 24.7 Å². The Morgan fingerprint density at radius 1 is 1.29 bits per heavy atom. The molecule has 0 spiro atoms. The zero-order valence-corrected chi connectivity index (χ0v) is 15.7. The Balaban J connectivity index is 1.39. The standard InChI is InChI=1S/C21H22N4O3/c1-28-15-4-5-18-16(11-15)17-13-25(10-8-19(17)24-18)21(27)7-6-20(26)23-14-3-2-9-22-12-14/h2-5,9,11-12,24H,6-8,10,13H2,1H3,(H,23,26). The number of aromatic nitrogens is 2. The molecule has 7 nitrogen and oxygen atoms in total. The molecule has 0 bridgehead atoms. The number of carbonyl (C=O) groups excluding carboxylic acids is 2. The van der Waals surface area contributed by atoms with Gasteiger partial charge in [-0.3, -0.25) is 14.6 Å². The van der Waals surface area contributed by atoms with Crippen molar-refractivity contribution in [3.05, 3.63) is 54.0 Å². The summed E-state index contributed by atoms with van der Waals surface area (Å²) in [6.07, 6.45) is 4.34. The number of methoxy groups -OCH3 is 1. The summed E-state index contributed by atoms with van der Waals surface area (Å²) < 4.78 is 5.33. The average Bonchev–Trinajstić information content (AvgIpc) is 3.09. The van der Waals surface area contributed by atoms with Crippen LogP contribution in [0.25, 0.3) is 10.9 Å². The van der Waals surface area contributed by atoms with E-state index in [9.17, 15) is 9.59 Å². The van der Waals surface area contributed by atoms with Crippen molar-refractivity contribution in [3.8, 4) is 5.75 Å². The van der Waals surface area contributed by atoms with Gasteiger partial charge in [-0.1, -0.05) is 0 Å². The number of nitrogens with zero attached hydrogens (tertiary/aromatic N) is 2. The molecule has 2 N–H and O–H groups in total. The summed E-state index contributed by atoms with van der Waals surface area (Å²) in [6, 6.07) is 9.45. The second kappa shape index (κ2) is 7.72. The Kier molecular flexibility index (Phi) is 4.97. The molecule has 3 heterocycles. The molecular formula is C21H22N4O3. The lowest BCUT2D eigenvalue weighted by Gasteiger charge is -2.27. The van der Waals surface area contributed by atoms with Gasteiger partial charge >= 0.3 is 0 Å². The second-order valence-electron chi connectivity index (χ2n) is 6.85. The van der Waals surface area contributed by atoms with E-state index < -0.39 is 0 Å². The summed E-state index contributed by atoms with van der Waals surface area (Å²) in [6.45, 7) is 1.20. The Morgan fingerprint density at radius 2 is 2.18 bits per heavy atom. The van der Waals surface area contributed by atoms with E-state index in [1.807, 2.05) is 23.1 Å². The van der Waals surface area contributed by atoms with Gasteiger partial charge in [0.2, 0.25) is 11.8 Å². The van der Waals surface area contributed by atoms with Gasteiger partial charge in [0, 0.05) is 60.7 Å². The summed E-state index contributed by atoms with van der Waals surface area (Å²) in [5.74, 6) is 0.602. The first-order valence-electron chi connectivity index (χ1n) is 9.29. The van der Waals surface area contributed by atoms with Crippen LogP contribution >= 0.6 is 0 Å². The fourth-order valence-corrected chi connectivity index (χ4v) is 3.57. The number of hydrogen-bond donors (Lipinski definition) is 2. The number of ether oxygens (including phenoxy) is 1. The summed E-state index contributed by atoms with van der Waals surface area (Å²) in [7, 11) is 1.65. The van der Waals surface area contributed by atoms with Crippen LogP contribution in [0.2, 0.25) is 0 Å². The summed E-state index contributed by atoms with van der Waals surface area (Å²) in [4.78, 5) is 33.9. The minimum atomic E-state index is -0.184. The number of hydrogen-bond acceptors (Lipinski definition) is 4. The number of nitrogens with one attached hydrogen (secondary N) is 2. The van der Waals surface area contributed by atoms with E-state index in [0.29, 0.717) is 18.8 Å². The summed E-state index contributed by atoms with van der Waals surface area (Å²) >= 11 is 0. The van der Waals surface area contributed by atoms with Crippen LogP contribution in [0.4, 0.5) is 5.69 Å². The van der Waals surface area contributed by atoms with Gasteiger partial charge < -0.3 is 19.9 Å². The first-order valence-corrected chi connectivity index (χ1v) is 9.29. The van der Waals surface area contributed by atoms with Crippen molar-refractivity contribution >= 4 is 28.4 Å². The van der Waals surface area contributed by atoms with Crippen LogP contribution in [0, 0.1) is 0 Å². The van der Waals surface area contributed by atoms with Crippen molar-refractivity contribution < 1.29 is 14.3 Å². The van der Waals surface area contributed by atoms with Crippen LogP contribution in [-0.2, 0) is 22.6 Å². The number of anilines is 1. The smallest absolute Gasteiger partial charge is 0.224 e. The van der Waals surface area contributed by atoms with E-state index >= 15 is 0 Å². The quantitative estimate of drug-likeness (QED) is 0.715. The number of benzene rings is 1. The van der Waals surface area contributed by atoms with E-state index in [1.165, 1.54) is 5.69 Å². The molecular weight excluding hydrogens is 356 g/mol. The number of H-pyrrole nitrogens is 1. The molecule has 0 radical (unpaired) electrons. The third-order valence-corrected chi connectivity index (χ3v) is 5.05. The highest BCUT2D eigenvalue weighted by Gasteiger charge is 2.24. The molecule has 28 heavy (non-hydrogen) atoms. The van der Waals surface area contributed by atoms with Crippen molar-refractivity contribution in [3.63, 3.8) is 0 Å². The predicted octanol–water partition coefficient (Wildman–Crippen LogP) is 2.88. The lowest BCUT2D eigenvalue weighted by Crippen LogP contribution is -2.36. The van der Waals surface area contributed by atoms with Gasteiger partial charge in [-0.2, -0.15) is 0 Å². The molecule has 1 aliphatic heterocycles. The molecule has 3 aromatic rings. The van der Waals surface area contributed by atoms with E-state index in [1.54, 1.807) is 31.6 Å². The fraction of sp³-hybridized carbons (Fsp3) is 0.286. The summed E-state index contributed by atoms with van der Waals surface area (Å²) in [5.41, 5.74) is 3.99. The summed E-state index contributed by atoms with van der Waals surface area (Å²) in [5, 5.41) is 3.84. The zero-order chi connectivity index (χ0) is 19.5. The number of aromatic amines is 1. The monoisotopic (exact) mass is 378 g/mol. The Labute approximate surface area is 162 Å². The Morgan fingerprint density at radius 3 is 2.96 bits per heavy atom. The molecule has 144 valence electrons. The molecule has 1 aliphatic rings. The van der Waals surface area contributed by atoms with Crippen LogP contribution in [0.15, 0.2) is 42.7 Å². The van der Waals surface area contributed by atoms with Crippen molar-refractivity contribution in [2.45, 2.75) is 25.8 Å². The molecule has 4 rings (SSSR count). The SMILES string of the molecule is COc1ccc2[nH]c3c(c2c1)CN(C(=O)CCC(=O)Nc1cccnc1)CC3. The maximum Gasteiger partial charge on any atom is 0.224 e. The molecule has 2 aromatic heterocycles. The molecule has 0 atom stereocenters. The van der Waals surface area contributed by atoms with Gasteiger partial charge in [0.25, 0.3) is 0 Å². The van der Waals surface area contributed by atoms with Gasteiger partial charge in [0.15, 0.2) is 0 Å². The molecule has 7 heteroatoms. The molecule has 0 saturated carbocycles. The van der Waals surface area contributed by atoms with Crippen LogP contribution in [0.5, 0.6) is 5.75 Å². The van der Waals surface area contributed by atoms with Crippen molar-refractivity contribution in [1.82, 2.24) is 14.9 Å². The van der Waals surface area contributed by atoms with Crippen LogP contribution in [0.1, 0.15) is 24.1 Å². The maximum atomic E-state index is 12.6. The van der Waals surface area contributed by atoms with Gasteiger partial charge in [0.05, 0.1) is 19.0 Å². The van der Waals surface area contributed by atoms with Crippen molar-refractivity contribution in [1.29, 1.82) is 0 Å². The highest BCUT2D eigenvalue weighted by atomic mass is 16.5. The largest absolute Gasteiger partial charge is 0.497 e.